The van der Waals surface area contributed by atoms with E-state index in [2.05, 4.69) is 18.8 Å². The van der Waals surface area contributed by atoms with E-state index >= 15 is 0 Å². The molecule has 0 atom stereocenters. The van der Waals surface area contributed by atoms with Gasteiger partial charge in [0.25, 0.3) is 0 Å². The summed E-state index contributed by atoms with van der Waals surface area (Å²) in [4.78, 5) is 15.3. The maximum absolute atomic E-state index is 11.1. The Morgan fingerprint density at radius 3 is 2.62 bits per heavy atom. The molecule has 13 heavy (non-hydrogen) atoms. The first-order valence-corrected chi connectivity index (χ1v) is 4.34. The fourth-order valence-electron chi connectivity index (χ4n) is 1.03. The predicted octanol–water partition coefficient (Wildman–Crippen LogP) is 1.35. The van der Waals surface area contributed by atoms with Gasteiger partial charge >= 0.3 is 0 Å². The summed E-state index contributed by atoms with van der Waals surface area (Å²) in [6.07, 6.45) is 1.59. The second-order valence-electron chi connectivity index (χ2n) is 3.25. The number of carbonyl (C=O) groups excluding carboxylic acids is 1. The Kier molecular flexibility index (Phi) is 3.14. The number of pyridine rings is 1. The number of hydrogen-bond acceptors (Lipinski definition) is 3. The number of nitrogens with zero attached hydrogens (tertiary/aromatic N) is 1. The standard InChI is InChI=1S/C10H14N2O/c1-7(2)9-4-3-8(6-12-9)10(13)5-11/h3-4,6-7H,5,11H2,1-2H3. The Morgan fingerprint density at radius 2 is 2.23 bits per heavy atom. The SMILES string of the molecule is CC(C)c1ccc(C(=O)CN)cn1. The molecule has 0 bridgehead atoms. The third-order valence-corrected chi connectivity index (χ3v) is 1.89. The van der Waals surface area contributed by atoms with Crippen LogP contribution in [0.2, 0.25) is 0 Å². The molecular formula is C10H14N2O. The van der Waals surface area contributed by atoms with Crippen LogP contribution in [-0.2, 0) is 0 Å². The molecule has 0 aromatic carbocycles. The molecule has 0 saturated carbocycles. The highest BCUT2D eigenvalue weighted by atomic mass is 16.1. The van der Waals surface area contributed by atoms with E-state index in [1.54, 1.807) is 12.3 Å². The average molecular weight is 178 g/mol. The number of ketones is 1. The minimum Gasteiger partial charge on any atom is -0.324 e. The highest BCUT2D eigenvalue weighted by molar-refractivity contribution is 5.97. The smallest absolute Gasteiger partial charge is 0.177 e. The zero-order valence-electron chi connectivity index (χ0n) is 7.95. The summed E-state index contributed by atoms with van der Waals surface area (Å²) in [6, 6.07) is 3.64. The molecule has 0 spiro atoms. The topological polar surface area (TPSA) is 56.0 Å². The van der Waals surface area contributed by atoms with E-state index in [1.165, 1.54) is 0 Å². The number of nitrogens with two attached hydrogens (primary N) is 1. The van der Waals surface area contributed by atoms with Gasteiger partial charge in [-0.05, 0) is 18.1 Å². The van der Waals surface area contributed by atoms with Crippen molar-refractivity contribution in [2.45, 2.75) is 19.8 Å². The van der Waals surface area contributed by atoms with Crippen LogP contribution in [-0.4, -0.2) is 17.3 Å². The molecule has 3 heteroatoms. The summed E-state index contributed by atoms with van der Waals surface area (Å²) >= 11 is 0. The Bertz CT molecular complexity index is 290. The van der Waals surface area contributed by atoms with Crippen molar-refractivity contribution in [2.75, 3.05) is 6.54 Å². The molecule has 1 aromatic rings. The first-order chi connectivity index (χ1) is 6.15. The van der Waals surface area contributed by atoms with Crippen LogP contribution in [0.5, 0.6) is 0 Å². The van der Waals surface area contributed by atoms with Gasteiger partial charge in [-0.15, -0.1) is 0 Å². The highest BCUT2D eigenvalue weighted by Gasteiger charge is 2.04. The maximum Gasteiger partial charge on any atom is 0.177 e. The number of carbonyl (C=O) groups is 1. The molecule has 1 heterocycles. The second-order valence-corrected chi connectivity index (χ2v) is 3.25. The maximum atomic E-state index is 11.1. The zero-order chi connectivity index (χ0) is 9.84. The molecule has 0 aliphatic rings. The number of Topliss-reactive ketones (excluding diaryl/α,β-unsaturated/α-hetero) is 1. The minimum absolute atomic E-state index is 0.0444. The summed E-state index contributed by atoms with van der Waals surface area (Å²) in [7, 11) is 0. The van der Waals surface area contributed by atoms with Crippen molar-refractivity contribution in [3.8, 4) is 0 Å². The van der Waals surface area contributed by atoms with E-state index in [0.29, 0.717) is 11.5 Å². The molecule has 70 valence electrons. The fraction of sp³-hybridized carbons (Fsp3) is 0.400. The zero-order valence-corrected chi connectivity index (χ0v) is 7.95. The summed E-state index contributed by atoms with van der Waals surface area (Å²) in [6.45, 7) is 4.17. The van der Waals surface area contributed by atoms with E-state index < -0.39 is 0 Å². The quantitative estimate of drug-likeness (QED) is 0.711. The summed E-state index contributed by atoms with van der Waals surface area (Å²) in [5, 5.41) is 0. The van der Waals surface area contributed by atoms with Gasteiger partial charge in [-0.25, -0.2) is 0 Å². The largest absolute Gasteiger partial charge is 0.324 e. The second kappa shape index (κ2) is 4.14. The molecule has 0 saturated heterocycles. The van der Waals surface area contributed by atoms with Gasteiger partial charge in [0.05, 0.1) is 6.54 Å². The van der Waals surface area contributed by atoms with Gasteiger partial charge in [0, 0.05) is 17.5 Å². The lowest BCUT2D eigenvalue weighted by molar-refractivity contribution is 0.100. The lowest BCUT2D eigenvalue weighted by Crippen LogP contribution is -2.13. The molecule has 0 radical (unpaired) electrons. The predicted molar refractivity (Wildman–Crippen MR) is 51.7 cm³/mol. The molecule has 3 nitrogen and oxygen atoms in total. The molecule has 2 N–H and O–H groups in total. The molecule has 0 fully saturated rings. The van der Waals surface area contributed by atoms with Gasteiger partial charge in [0.1, 0.15) is 0 Å². The van der Waals surface area contributed by atoms with Crippen molar-refractivity contribution >= 4 is 5.78 Å². The number of aromatic nitrogens is 1. The monoisotopic (exact) mass is 178 g/mol. The van der Waals surface area contributed by atoms with E-state index in [1.807, 2.05) is 6.07 Å². The third kappa shape index (κ3) is 2.36. The molecule has 1 aromatic heterocycles. The van der Waals surface area contributed by atoms with E-state index in [0.717, 1.165) is 5.69 Å². The Balaban J connectivity index is 2.87. The van der Waals surface area contributed by atoms with Gasteiger partial charge in [0.2, 0.25) is 0 Å². The van der Waals surface area contributed by atoms with E-state index in [9.17, 15) is 4.79 Å². The van der Waals surface area contributed by atoms with Crippen molar-refractivity contribution in [1.82, 2.24) is 4.98 Å². The van der Waals surface area contributed by atoms with Crippen LogP contribution < -0.4 is 5.73 Å². The van der Waals surface area contributed by atoms with Crippen LogP contribution in [0.1, 0.15) is 35.8 Å². The van der Waals surface area contributed by atoms with Crippen molar-refractivity contribution < 1.29 is 4.79 Å². The summed E-state index contributed by atoms with van der Waals surface area (Å²) < 4.78 is 0. The lowest BCUT2D eigenvalue weighted by Gasteiger charge is -2.04. The van der Waals surface area contributed by atoms with Crippen LogP contribution in [0.25, 0.3) is 0 Å². The van der Waals surface area contributed by atoms with Crippen LogP contribution in [0, 0.1) is 0 Å². The number of rotatable bonds is 3. The van der Waals surface area contributed by atoms with Crippen molar-refractivity contribution in [1.29, 1.82) is 0 Å². The van der Waals surface area contributed by atoms with Crippen molar-refractivity contribution in [2.24, 2.45) is 5.73 Å². The van der Waals surface area contributed by atoms with Crippen LogP contribution in [0.3, 0.4) is 0 Å². The average Bonchev–Trinajstić information content (AvgIpc) is 2.17. The first kappa shape index (κ1) is 9.86. The van der Waals surface area contributed by atoms with Crippen LogP contribution >= 0.6 is 0 Å². The minimum atomic E-state index is -0.0668. The van der Waals surface area contributed by atoms with Crippen LogP contribution in [0.4, 0.5) is 0 Å². The van der Waals surface area contributed by atoms with E-state index in [4.69, 9.17) is 5.73 Å². The van der Waals surface area contributed by atoms with Gasteiger partial charge in [-0.3, -0.25) is 9.78 Å². The molecule has 0 unspecified atom stereocenters. The van der Waals surface area contributed by atoms with Crippen LogP contribution in [0.15, 0.2) is 18.3 Å². The number of hydrogen-bond donors (Lipinski definition) is 1. The Hall–Kier alpha value is -1.22. The molecule has 0 aliphatic carbocycles. The molecule has 0 aliphatic heterocycles. The fourth-order valence-corrected chi connectivity index (χ4v) is 1.03. The van der Waals surface area contributed by atoms with Crippen molar-refractivity contribution in [3.05, 3.63) is 29.6 Å². The highest BCUT2D eigenvalue weighted by Crippen LogP contribution is 2.11. The van der Waals surface area contributed by atoms with Gasteiger partial charge in [0.15, 0.2) is 5.78 Å². The van der Waals surface area contributed by atoms with E-state index in [-0.39, 0.29) is 12.3 Å². The lowest BCUT2D eigenvalue weighted by atomic mass is 10.1. The Morgan fingerprint density at radius 1 is 1.54 bits per heavy atom. The third-order valence-electron chi connectivity index (χ3n) is 1.89. The van der Waals surface area contributed by atoms with Gasteiger partial charge < -0.3 is 5.73 Å². The Labute approximate surface area is 78.0 Å². The molecule has 0 amide bonds. The molecular weight excluding hydrogens is 164 g/mol. The van der Waals surface area contributed by atoms with Crippen molar-refractivity contribution in [3.63, 3.8) is 0 Å². The van der Waals surface area contributed by atoms with Gasteiger partial charge in [-0.1, -0.05) is 13.8 Å². The first-order valence-electron chi connectivity index (χ1n) is 4.34. The normalized spacial score (nSPS) is 10.5. The summed E-state index contributed by atoms with van der Waals surface area (Å²) in [5.74, 6) is 0.324. The van der Waals surface area contributed by atoms with Gasteiger partial charge in [-0.2, -0.15) is 0 Å². The molecule has 1 rings (SSSR count). The summed E-state index contributed by atoms with van der Waals surface area (Å²) in [5.41, 5.74) is 6.81.